The number of amides is 2. The summed E-state index contributed by atoms with van der Waals surface area (Å²) in [7, 11) is 0. The Morgan fingerprint density at radius 3 is 2.81 bits per heavy atom. The van der Waals surface area contributed by atoms with E-state index in [1.807, 2.05) is 42.9 Å². The highest BCUT2D eigenvalue weighted by atomic mass is 127. The summed E-state index contributed by atoms with van der Waals surface area (Å²) in [5.74, 6) is 0.842. The van der Waals surface area contributed by atoms with E-state index >= 15 is 0 Å². The number of carbonyl (C=O) groups excluding carboxylic acids is 2. The molecule has 26 heavy (non-hydrogen) atoms. The minimum absolute atomic E-state index is 0.0473. The number of rotatable bonds is 8. The van der Waals surface area contributed by atoms with Gasteiger partial charge in [0.1, 0.15) is 5.76 Å². The lowest BCUT2D eigenvalue weighted by molar-refractivity contribution is -0.689. The molecule has 1 radical (unpaired) electrons. The van der Waals surface area contributed by atoms with Crippen LogP contribution in [0.2, 0.25) is 0 Å². The van der Waals surface area contributed by atoms with E-state index in [-0.39, 0.29) is 23.8 Å². The Morgan fingerprint density at radius 2 is 2.19 bits per heavy atom. The minimum Gasteiger partial charge on any atom is -0.616 e. The molecule has 2 amide bonds. The van der Waals surface area contributed by atoms with Crippen molar-refractivity contribution in [2.24, 2.45) is 5.92 Å². The summed E-state index contributed by atoms with van der Waals surface area (Å²) in [4.78, 5) is 27.1. The van der Waals surface area contributed by atoms with Crippen molar-refractivity contribution in [3.63, 3.8) is 0 Å². The molecule has 0 aromatic heterocycles. The third-order valence-corrected chi connectivity index (χ3v) is 5.14. The summed E-state index contributed by atoms with van der Waals surface area (Å²) in [5.41, 5.74) is 1.49. The fourth-order valence-corrected chi connectivity index (χ4v) is 3.65. The fraction of sp³-hybridized carbons (Fsp3) is 0.684. The number of nitrogens with one attached hydrogen (secondary N) is 1. The van der Waals surface area contributed by atoms with Gasteiger partial charge in [0.25, 0.3) is 5.91 Å². The molecule has 0 aromatic rings. The maximum absolute atomic E-state index is 12.7. The van der Waals surface area contributed by atoms with Crippen LogP contribution in [0.5, 0.6) is 0 Å². The number of carbonyl (C=O) groups is 2. The highest BCUT2D eigenvalue weighted by Crippen LogP contribution is 2.37. The van der Waals surface area contributed by atoms with Crippen molar-refractivity contribution >= 4 is 11.8 Å². The van der Waals surface area contributed by atoms with Crippen LogP contribution in [-0.4, -0.2) is 42.0 Å². The lowest BCUT2D eigenvalue weighted by atomic mass is 9.85. The van der Waals surface area contributed by atoms with E-state index in [9.17, 15) is 9.59 Å². The Morgan fingerprint density at radius 1 is 1.46 bits per heavy atom. The van der Waals surface area contributed by atoms with Gasteiger partial charge in [0.05, 0.1) is 5.70 Å². The van der Waals surface area contributed by atoms with Crippen molar-refractivity contribution in [3.05, 3.63) is 23.1 Å². The largest absolute Gasteiger partial charge is 0.616 e. The molecule has 6 nitrogen and oxygen atoms in total. The highest BCUT2D eigenvalue weighted by molar-refractivity contribution is 5.95. The Labute approximate surface area is 170 Å². The van der Waals surface area contributed by atoms with Crippen LogP contribution in [0.25, 0.3) is 0 Å². The number of nitrogens with zero attached hydrogens (tertiary/aromatic N) is 1. The van der Waals surface area contributed by atoms with Gasteiger partial charge in [0, 0.05) is 31.2 Å². The van der Waals surface area contributed by atoms with E-state index in [4.69, 9.17) is 7.80 Å². The maximum Gasteiger partial charge on any atom is 0.267 e. The van der Waals surface area contributed by atoms with Gasteiger partial charge in [-0.05, 0) is 52.0 Å². The summed E-state index contributed by atoms with van der Waals surface area (Å²) in [6.45, 7) is 9.03. The zero-order chi connectivity index (χ0) is 19.3. The van der Waals surface area contributed by atoms with Gasteiger partial charge >= 0.3 is 0 Å². The maximum atomic E-state index is 12.7. The van der Waals surface area contributed by atoms with Crippen molar-refractivity contribution in [2.75, 3.05) is 13.2 Å². The van der Waals surface area contributed by atoms with Crippen molar-refractivity contribution in [3.8, 4) is 0 Å². The SMILES string of the molecule is CCC1CC2=C(C=C1C(=O)NC(C)C)N(CCCCO[I-])C(=O)[C@@H](C)O2. The summed E-state index contributed by atoms with van der Waals surface area (Å²) in [5, 5.41) is 2.98. The zero-order valence-electron chi connectivity index (χ0n) is 16.0. The smallest absolute Gasteiger partial charge is 0.267 e. The zero-order valence-corrected chi connectivity index (χ0v) is 18.2. The lowest BCUT2D eigenvalue weighted by Gasteiger charge is -2.38. The van der Waals surface area contributed by atoms with E-state index in [1.54, 1.807) is 11.8 Å². The van der Waals surface area contributed by atoms with Crippen molar-refractivity contribution < 1.29 is 40.4 Å². The first-order valence-electron chi connectivity index (χ1n) is 9.36. The minimum atomic E-state index is -0.480. The molecule has 1 aliphatic heterocycles. The topological polar surface area (TPSA) is 67.9 Å². The molecule has 0 saturated carbocycles. The number of hydrogen-bond donors (Lipinski definition) is 1. The predicted molar refractivity (Wildman–Crippen MR) is 94.2 cm³/mol. The van der Waals surface area contributed by atoms with Gasteiger partial charge in [-0.2, -0.15) is 0 Å². The van der Waals surface area contributed by atoms with Crippen LogP contribution in [-0.2, 0) is 17.4 Å². The second kappa shape index (κ2) is 9.73. The van der Waals surface area contributed by atoms with E-state index in [1.165, 1.54) is 0 Å². The molecular weight excluding hydrogens is 447 g/mol. The first-order valence-corrected chi connectivity index (χ1v) is 10.2. The van der Waals surface area contributed by atoms with Crippen molar-refractivity contribution in [1.29, 1.82) is 0 Å². The Kier molecular flexibility index (Phi) is 7.94. The number of ether oxygens (including phenoxy) is 1. The quantitative estimate of drug-likeness (QED) is 0.382. The van der Waals surface area contributed by atoms with Gasteiger partial charge in [-0.25, -0.2) is 0 Å². The average molecular weight is 476 g/mol. The molecule has 2 rings (SSSR count). The van der Waals surface area contributed by atoms with E-state index < -0.39 is 6.10 Å². The summed E-state index contributed by atoms with van der Waals surface area (Å²) in [6, 6.07) is 0.0740. The van der Waals surface area contributed by atoms with Crippen molar-refractivity contribution in [2.45, 2.75) is 65.5 Å². The molecule has 2 aliphatic rings. The molecule has 0 spiro atoms. The molecular formula is C19H29IN2O4-. The predicted octanol–water partition coefficient (Wildman–Crippen LogP) is -0.409. The van der Waals surface area contributed by atoms with Crippen LogP contribution in [0.4, 0.5) is 0 Å². The van der Waals surface area contributed by atoms with Gasteiger partial charge in [0.2, 0.25) is 5.91 Å². The first-order chi connectivity index (χ1) is 12.4. The number of unbranched alkanes of at least 4 members (excludes halogenated alkanes) is 1. The number of allylic oxidation sites excluding steroid dienone is 2. The van der Waals surface area contributed by atoms with Gasteiger partial charge in [-0.3, -0.25) is 9.59 Å². The van der Waals surface area contributed by atoms with E-state index in [0.717, 1.165) is 36.3 Å². The van der Waals surface area contributed by atoms with Gasteiger partial charge < -0.3 is 41.0 Å². The summed E-state index contributed by atoms with van der Waals surface area (Å²) >= 11 is 1.88. The molecule has 2 atom stereocenters. The third kappa shape index (κ3) is 5.00. The second-order valence-corrected chi connectivity index (χ2v) is 7.74. The molecule has 0 fully saturated rings. The molecule has 0 bridgehead atoms. The standard InChI is InChI=1S/C19H29IN2O4/c1-5-14-10-17-16(11-15(14)18(23)21-12(2)3)22(8-6-7-9-25-20)19(24)13(4)26-17/h11-14H,5-10H2,1-4H3,(H,21,23)/q-1/t13-,14?/m1/s1. The van der Waals surface area contributed by atoms with Crippen LogP contribution in [0.1, 0.15) is 53.4 Å². The number of halogens is 1. The van der Waals surface area contributed by atoms with Crippen LogP contribution in [0.15, 0.2) is 23.1 Å². The van der Waals surface area contributed by atoms with Gasteiger partial charge in [0.15, 0.2) is 6.10 Å². The number of hydrogen-bond acceptors (Lipinski definition) is 4. The van der Waals surface area contributed by atoms with Crippen LogP contribution < -0.4 is 28.3 Å². The van der Waals surface area contributed by atoms with Crippen LogP contribution in [0.3, 0.4) is 0 Å². The fourth-order valence-electron chi connectivity index (χ4n) is 3.34. The molecule has 0 aromatic carbocycles. The Bertz CT molecular complexity index is 600. The molecule has 1 N–H and O–H groups in total. The molecule has 147 valence electrons. The lowest BCUT2D eigenvalue weighted by Crippen LogP contribution is -3.34. The van der Waals surface area contributed by atoms with E-state index in [0.29, 0.717) is 19.6 Å². The Hall–Kier alpha value is -1.09. The average Bonchev–Trinajstić information content (AvgIpc) is 2.59. The van der Waals surface area contributed by atoms with Crippen LogP contribution >= 0.6 is 0 Å². The molecule has 1 aliphatic carbocycles. The monoisotopic (exact) mass is 476 g/mol. The summed E-state index contributed by atoms with van der Waals surface area (Å²) in [6.07, 6.45) is 4.62. The third-order valence-electron chi connectivity index (χ3n) is 4.70. The van der Waals surface area contributed by atoms with Gasteiger partial charge in [-0.15, -0.1) is 0 Å². The van der Waals surface area contributed by atoms with E-state index in [2.05, 4.69) is 12.2 Å². The molecule has 1 unspecified atom stereocenters. The molecule has 1 heterocycles. The van der Waals surface area contributed by atoms with Crippen molar-refractivity contribution in [1.82, 2.24) is 10.2 Å². The van der Waals surface area contributed by atoms with Crippen LogP contribution in [0, 0.1) is 5.92 Å². The summed E-state index contributed by atoms with van der Waals surface area (Å²) < 4.78 is 11.0. The Balaban J connectivity index is 2.28. The highest BCUT2D eigenvalue weighted by Gasteiger charge is 2.37. The molecule has 0 saturated heterocycles. The second-order valence-electron chi connectivity index (χ2n) is 7.12. The normalized spacial score (nSPS) is 22.9. The molecule has 7 heteroatoms. The first kappa shape index (κ1) is 21.2. The van der Waals surface area contributed by atoms with Gasteiger partial charge in [-0.1, -0.05) is 6.92 Å².